The first-order valence-corrected chi connectivity index (χ1v) is 7.62. The molecule has 0 saturated heterocycles. The standard InChI is InChI=1S/C13H11BrO4S/c14-12-8-10(9-15)6-7-13(12)18-19(16,17)11-4-2-1-3-5-11/h1-8,15H,9H2. The van der Waals surface area contributed by atoms with Gasteiger partial charge < -0.3 is 9.29 Å². The maximum atomic E-state index is 12.0. The van der Waals surface area contributed by atoms with Crippen LogP contribution in [0.4, 0.5) is 0 Å². The van der Waals surface area contributed by atoms with Gasteiger partial charge in [0.05, 0.1) is 11.1 Å². The molecule has 0 heterocycles. The lowest BCUT2D eigenvalue weighted by Gasteiger charge is -2.09. The van der Waals surface area contributed by atoms with E-state index in [1.54, 1.807) is 30.3 Å². The summed E-state index contributed by atoms with van der Waals surface area (Å²) in [4.78, 5) is 0.0909. The topological polar surface area (TPSA) is 63.6 Å². The summed E-state index contributed by atoms with van der Waals surface area (Å²) in [6.07, 6.45) is 0. The molecule has 0 aliphatic heterocycles. The molecule has 2 rings (SSSR count). The first-order valence-electron chi connectivity index (χ1n) is 5.42. The monoisotopic (exact) mass is 342 g/mol. The Bertz CT molecular complexity index is 668. The molecule has 0 unspecified atom stereocenters. The SMILES string of the molecule is O=S(=O)(Oc1ccc(CO)cc1Br)c1ccccc1. The molecule has 6 heteroatoms. The predicted octanol–water partition coefficient (Wildman–Crippen LogP) is 2.71. The number of rotatable bonds is 4. The lowest BCUT2D eigenvalue weighted by atomic mass is 10.2. The second-order valence-corrected chi connectivity index (χ2v) is 6.17. The fraction of sp³-hybridized carbons (Fsp3) is 0.0769. The summed E-state index contributed by atoms with van der Waals surface area (Å²) in [5.74, 6) is 0.182. The minimum atomic E-state index is -3.85. The van der Waals surface area contributed by atoms with Gasteiger partial charge in [-0.25, -0.2) is 0 Å². The molecule has 2 aromatic carbocycles. The van der Waals surface area contributed by atoms with Gasteiger partial charge in [-0.3, -0.25) is 0 Å². The van der Waals surface area contributed by atoms with Crippen LogP contribution >= 0.6 is 15.9 Å². The predicted molar refractivity (Wildman–Crippen MR) is 74.3 cm³/mol. The second-order valence-electron chi connectivity index (χ2n) is 3.77. The van der Waals surface area contributed by atoms with E-state index in [9.17, 15) is 8.42 Å². The van der Waals surface area contributed by atoms with Gasteiger partial charge >= 0.3 is 10.1 Å². The van der Waals surface area contributed by atoms with Gasteiger partial charge in [-0.05, 0) is 45.8 Å². The molecule has 0 amide bonds. The zero-order chi connectivity index (χ0) is 13.9. The maximum Gasteiger partial charge on any atom is 0.339 e. The number of hydrogen-bond donors (Lipinski definition) is 1. The highest BCUT2D eigenvalue weighted by molar-refractivity contribution is 9.10. The highest BCUT2D eigenvalue weighted by Crippen LogP contribution is 2.28. The van der Waals surface area contributed by atoms with Gasteiger partial charge in [-0.1, -0.05) is 24.3 Å². The first kappa shape index (κ1) is 14.0. The molecule has 4 nitrogen and oxygen atoms in total. The minimum Gasteiger partial charge on any atom is -0.392 e. The third-order valence-electron chi connectivity index (χ3n) is 2.41. The van der Waals surface area contributed by atoms with E-state index in [-0.39, 0.29) is 17.3 Å². The Morgan fingerprint density at radius 3 is 2.37 bits per heavy atom. The van der Waals surface area contributed by atoms with Crippen molar-refractivity contribution in [1.82, 2.24) is 0 Å². The third kappa shape index (κ3) is 3.34. The van der Waals surface area contributed by atoms with Crippen molar-refractivity contribution in [3.05, 3.63) is 58.6 Å². The summed E-state index contributed by atoms with van der Waals surface area (Å²) in [6.45, 7) is -0.121. The van der Waals surface area contributed by atoms with Crippen molar-refractivity contribution in [2.75, 3.05) is 0 Å². The number of aliphatic hydroxyl groups excluding tert-OH is 1. The van der Waals surface area contributed by atoms with Crippen LogP contribution in [0, 0.1) is 0 Å². The van der Waals surface area contributed by atoms with Crippen molar-refractivity contribution >= 4 is 26.0 Å². The summed E-state index contributed by atoms with van der Waals surface area (Å²) >= 11 is 3.21. The zero-order valence-electron chi connectivity index (χ0n) is 9.78. The number of hydrogen-bond acceptors (Lipinski definition) is 4. The van der Waals surface area contributed by atoms with Crippen molar-refractivity contribution in [3.8, 4) is 5.75 Å². The number of benzene rings is 2. The van der Waals surface area contributed by atoms with Crippen molar-refractivity contribution in [3.63, 3.8) is 0 Å². The second kappa shape index (κ2) is 5.73. The molecule has 2 aromatic rings. The Morgan fingerprint density at radius 2 is 1.79 bits per heavy atom. The van der Waals surface area contributed by atoms with Gasteiger partial charge in [-0.2, -0.15) is 8.42 Å². The average molecular weight is 343 g/mol. The van der Waals surface area contributed by atoms with E-state index in [2.05, 4.69) is 15.9 Å². The van der Waals surface area contributed by atoms with E-state index >= 15 is 0 Å². The summed E-state index contributed by atoms with van der Waals surface area (Å²) in [7, 11) is -3.85. The molecule has 19 heavy (non-hydrogen) atoms. The third-order valence-corrected chi connectivity index (χ3v) is 4.28. The fourth-order valence-electron chi connectivity index (χ4n) is 1.46. The normalized spacial score (nSPS) is 11.3. The van der Waals surface area contributed by atoms with E-state index in [1.165, 1.54) is 18.2 Å². The molecule has 0 bridgehead atoms. The van der Waals surface area contributed by atoms with Crippen LogP contribution in [0.2, 0.25) is 0 Å². The van der Waals surface area contributed by atoms with Gasteiger partial charge in [0, 0.05) is 0 Å². The van der Waals surface area contributed by atoms with Crippen LogP contribution in [0.5, 0.6) is 5.75 Å². The van der Waals surface area contributed by atoms with Crippen molar-refractivity contribution in [2.45, 2.75) is 11.5 Å². The maximum absolute atomic E-state index is 12.0. The minimum absolute atomic E-state index is 0.0909. The highest BCUT2D eigenvalue weighted by atomic mass is 79.9. The quantitative estimate of drug-likeness (QED) is 0.867. The molecule has 0 aliphatic carbocycles. The molecule has 0 aromatic heterocycles. The van der Waals surface area contributed by atoms with Gasteiger partial charge in [0.1, 0.15) is 4.90 Å². The molecule has 0 radical (unpaired) electrons. The number of halogens is 1. The molecular formula is C13H11BrO4S. The summed E-state index contributed by atoms with van der Waals surface area (Å²) in [6, 6.07) is 12.6. The van der Waals surface area contributed by atoms with Crippen LogP contribution in [0.1, 0.15) is 5.56 Å². The van der Waals surface area contributed by atoms with E-state index in [0.29, 0.717) is 10.0 Å². The van der Waals surface area contributed by atoms with Gasteiger partial charge in [-0.15, -0.1) is 0 Å². The molecule has 0 saturated carbocycles. The van der Waals surface area contributed by atoms with E-state index in [1.807, 2.05) is 0 Å². The van der Waals surface area contributed by atoms with Crippen molar-refractivity contribution in [2.24, 2.45) is 0 Å². The van der Waals surface area contributed by atoms with Crippen LogP contribution in [0.15, 0.2) is 57.9 Å². The summed E-state index contributed by atoms with van der Waals surface area (Å²) in [5, 5.41) is 8.98. The van der Waals surface area contributed by atoms with Gasteiger partial charge in [0.15, 0.2) is 5.75 Å². The first-order chi connectivity index (χ1) is 9.03. The Morgan fingerprint density at radius 1 is 1.11 bits per heavy atom. The van der Waals surface area contributed by atoms with Crippen molar-refractivity contribution < 1.29 is 17.7 Å². The Hall–Kier alpha value is -1.37. The Balaban J connectivity index is 2.31. The van der Waals surface area contributed by atoms with Crippen LogP contribution in [-0.2, 0) is 16.7 Å². The highest BCUT2D eigenvalue weighted by Gasteiger charge is 2.17. The van der Waals surface area contributed by atoms with Gasteiger partial charge in [0.2, 0.25) is 0 Å². The van der Waals surface area contributed by atoms with Crippen LogP contribution in [-0.4, -0.2) is 13.5 Å². The molecule has 0 aliphatic rings. The molecule has 0 spiro atoms. The molecular weight excluding hydrogens is 332 g/mol. The van der Waals surface area contributed by atoms with Gasteiger partial charge in [0.25, 0.3) is 0 Å². The van der Waals surface area contributed by atoms with E-state index in [0.717, 1.165) is 0 Å². The summed E-state index contributed by atoms with van der Waals surface area (Å²) < 4.78 is 29.6. The fourth-order valence-corrected chi connectivity index (χ4v) is 3.05. The number of aliphatic hydroxyl groups is 1. The average Bonchev–Trinajstić information content (AvgIpc) is 2.42. The van der Waals surface area contributed by atoms with Crippen LogP contribution < -0.4 is 4.18 Å². The molecule has 0 atom stereocenters. The van der Waals surface area contributed by atoms with Crippen molar-refractivity contribution in [1.29, 1.82) is 0 Å². The smallest absolute Gasteiger partial charge is 0.339 e. The van der Waals surface area contributed by atoms with Crippen LogP contribution in [0.25, 0.3) is 0 Å². The molecule has 100 valence electrons. The lowest BCUT2D eigenvalue weighted by molar-refractivity contribution is 0.281. The zero-order valence-corrected chi connectivity index (χ0v) is 12.2. The summed E-state index contributed by atoms with van der Waals surface area (Å²) in [5.41, 5.74) is 0.663. The van der Waals surface area contributed by atoms with E-state index in [4.69, 9.17) is 9.29 Å². The molecule has 1 N–H and O–H groups in total. The Kier molecular flexibility index (Phi) is 4.24. The molecule has 0 fully saturated rings. The Labute approximate surface area is 119 Å². The largest absolute Gasteiger partial charge is 0.392 e. The van der Waals surface area contributed by atoms with E-state index < -0.39 is 10.1 Å². The van der Waals surface area contributed by atoms with Crippen LogP contribution in [0.3, 0.4) is 0 Å². The lowest BCUT2D eigenvalue weighted by Crippen LogP contribution is -2.09.